The van der Waals surface area contributed by atoms with Gasteiger partial charge in [0.1, 0.15) is 0 Å². The number of carbonyl (C=O) groups excluding carboxylic acids is 1. The molecule has 0 aliphatic heterocycles. The Morgan fingerprint density at radius 1 is 1.25 bits per heavy atom. The molecule has 0 fully saturated rings. The normalized spacial score (nSPS) is 11.7. The number of nitrogens with one attached hydrogen (secondary N) is 1. The lowest BCUT2D eigenvalue weighted by atomic mass is 10.1. The van der Waals surface area contributed by atoms with Crippen molar-refractivity contribution in [2.24, 2.45) is 0 Å². The summed E-state index contributed by atoms with van der Waals surface area (Å²) >= 11 is 0. The average Bonchev–Trinajstić information content (AvgIpc) is 3.32. The van der Waals surface area contributed by atoms with E-state index in [2.05, 4.69) is 20.6 Å². The number of amides is 1. The van der Waals surface area contributed by atoms with Crippen LogP contribution in [0.15, 0.2) is 53.6 Å². The molecular weight excluding hydrogens is 368 g/mol. The van der Waals surface area contributed by atoms with Gasteiger partial charge in [-0.05, 0) is 30.7 Å². The largest absolute Gasteiger partial charge is 0.342 e. The number of aromatic nitrogens is 4. The van der Waals surface area contributed by atoms with Gasteiger partial charge < -0.3 is 9.84 Å². The van der Waals surface area contributed by atoms with Crippen molar-refractivity contribution in [1.29, 1.82) is 0 Å². The molecule has 0 aliphatic carbocycles. The predicted octanol–water partition coefficient (Wildman–Crippen LogP) is 4.06. The minimum Gasteiger partial charge on any atom is -0.342 e. The number of aryl methyl sites for hydroxylation is 1. The summed E-state index contributed by atoms with van der Waals surface area (Å²) in [5, 5.41) is 10.6. The molecule has 9 heteroatoms. The van der Waals surface area contributed by atoms with Crippen molar-refractivity contribution in [3.8, 4) is 11.4 Å². The van der Waals surface area contributed by atoms with E-state index in [1.165, 1.54) is 35.4 Å². The Morgan fingerprint density at radius 2 is 2.07 bits per heavy atom. The standard InChI is InChI=1S/C19H15F2N5O2/c1-11-3-4-12(17-22-10-28-25-17)7-15(11)24-18(27)14-8-23-26-9-13(19(2,20)21)5-6-16(14)26/h3-10H,1-2H3,(H,24,27). The van der Waals surface area contributed by atoms with Crippen LogP contribution in [-0.4, -0.2) is 25.7 Å². The first-order chi connectivity index (χ1) is 13.3. The van der Waals surface area contributed by atoms with Crippen LogP contribution in [0.2, 0.25) is 0 Å². The molecular formula is C19H15F2N5O2. The van der Waals surface area contributed by atoms with Crippen molar-refractivity contribution in [1.82, 2.24) is 19.8 Å². The molecule has 0 bridgehead atoms. The van der Waals surface area contributed by atoms with Crippen LogP contribution in [-0.2, 0) is 5.92 Å². The third kappa shape index (κ3) is 3.22. The van der Waals surface area contributed by atoms with Gasteiger partial charge in [0, 0.05) is 29.9 Å². The zero-order valence-electron chi connectivity index (χ0n) is 15.0. The van der Waals surface area contributed by atoms with Crippen molar-refractivity contribution >= 4 is 17.1 Å². The van der Waals surface area contributed by atoms with Gasteiger partial charge in [-0.2, -0.15) is 10.1 Å². The number of rotatable bonds is 4. The third-order valence-corrected chi connectivity index (χ3v) is 4.37. The van der Waals surface area contributed by atoms with Crippen molar-refractivity contribution in [2.45, 2.75) is 19.8 Å². The average molecular weight is 383 g/mol. The van der Waals surface area contributed by atoms with E-state index in [1.807, 2.05) is 19.1 Å². The Hall–Kier alpha value is -3.62. The molecule has 0 saturated carbocycles. The maximum atomic E-state index is 13.5. The Morgan fingerprint density at radius 3 is 2.79 bits per heavy atom. The topological polar surface area (TPSA) is 85.3 Å². The van der Waals surface area contributed by atoms with Gasteiger partial charge >= 0.3 is 0 Å². The number of anilines is 1. The Labute approximate surface area is 158 Å². The van der Waals surface area contributed by atoms with E-state index in [1.54, 1.807) is 6.07 Å². The zero-order chi connectivity index (χ0) is 19.9. The first-order valence-electron chi connectivity index (χ1n) is 8.37. The summed E-state index contributed by atoms with van der Waals surface area (Å²) in [4.78, 5) is 16.7. The molecule has 142 valence electrons. The van der Waals surface area contributed by atoms with Crippen LogP contribution in [0.1, 0.15) is 28.4 Å². The number of halogens is 2. The molecule has 1 N–H and O–H groups in total. The van der Waals surface area contributed by atoms with E-state index in [0.29, 0.717) is 22.6 Å². The molecule has 3 aromatic heterocycles. The van der Waals surface area contributed by atoms with Crippen LogP contribution in [0.3, 0.4) is 0 Å². The Kier molecular flexibility index (Phi) is 4.14. The summed E-state index contributed by atoms with van der Waals surface area (Å²) in [6.45, 7) is 2.66. The van der Waals surface area contributed by atoms with Gasteiger partial charge in [0.25, 0.3) is 11.8 Å². The fourth-order valence-corrected chi connectivity index (χ4v) is 2.80. The van der Waals surface area contributed by atoms with E-state index in [9.17, 15) is 13.6 Å². The van der Waals surface area contributed by atoms with Crippen LogP contribution < -0.4 is 5.32 Å². The monoisotopic (exact) mass is 383 g/mol. The summed E-state index contributed by atoms with van der Waals surface area (Å²) in [6.07, 6.45) is 3.79. The maximum Gasteiger partial charge on any atom is 0.272 e. The van der Waals surface area contributed by atoms with Gasteiger partial charge in [0.2, 0.25) is 12.2 Å². The van der Waals surface area contributed by atoms with Crippen molar-refractivity contribution < 1.29 is 18.1 Å². The Bertz CT molecular complexity index is 1160. The quantitative estimate of drug-likeness (QED) is 0.574. The third-order valence-electron chi connectivity index (χ3n) is 4.37. The SMILES string of the molecule is Cc1ccc(-c2ncon2)cc1NC(=O)c1cnn2cc(C(C)(F)F)ccc12. The molecule has 0 unspecified atom stereocenters. The molecule has 0 saturated heterocycles. The van der Waals surface area contributed by atoms with E-state index in [-0.39, 0.29) is 11.1 Å². The first-order valence-corrected chi connectivity index (χ1v) is 8.37. The highest BCUT2D eigenvalue weighted by Crippen LogP contribution is 2.28. The summed E-state index contributed by atoms with van der Waals surface area (Å²) in [5.41, 5.74) is 2.62. The summed E-state index contributed by atoms with van der Waals surface area (Å²) < 4.78 is 33.0. The molecule has 0 spiro atoms. The number of fused-ring (bicyclic) bond motifs is 1. The molecule has 0 atom stereocenters. The van der Waals surface area contributed by atoms with Crippen molar-refractivity contribution in [3.05, 3.63) is 65.8 Å². The van der Waals surface area contributed by atoms with Crippen LogP contribution in [0.25, 0.3) is 16.9 Å². The lowest BCUT2D eigenvalue weighted by Gasteiger charge is -2.11. The molecule has 0 radical (unpaired) electrons. The molecule has 1 aromatic carbocycles. The summed E-state index contributed by atoms with van der Waals surface area (Å²) in [6, 6.07) is 8.12. The van der Waals surface area contributed by atoms with E-state index < -0.39 is 11.8 Å². The van der Waals surface area contributed by atoms with Crippen LogP contribution in [0, 0.1) is 6.92 Å². The highest BCUT2D eigenvalue weighted by atomic mass is 19.3. The number of carbonyl (C=O) groups is 1. The second kappa shape index (κ2) is 6.52. The van der Waals surface area contributed by atoms with Gasteiger partial charge in [-0.1, -0.05) is 17.3 Å². The molecule has 1 amide bonds. The first kappa shape index (κ1) is 17.8. The maximum absolute atomic E-state index is 13.5. The minimum absolute atomic E-state index is 0.182. The molecule has 28 heavy (non-hydrogen) atoms. The number of benzene rings is 1. The highest BCUT2D eigenvalue weighted by Gasteiger charge is 2.25. The van der Waals surface area contributed by atoms with Gasteiger partial charge in [-0.25, -0.2) is 13.3 Å². The lowest BCUT2D eigenvalue weighted by Crippen LogP contribution is -2.13. The molecule has 0 aliphatic rings. The van der Waals surface area contributed by atoms with Crippen LogP contribution >= 0.6 is 0 Å². The fourth-order valence-electron chi connectivity index (χ4n) is 2.80. The second-order valence-corrected chi connectivity index (χ2v) is 6.43. The number of alkyl halides is 2. The van der Waals surface area contributed by atoms with Gasteiger partial charge in [0.15, 0.2) is 0 Å². The Balaban J connectivity index is 1.65. The molecule has 4 rings (SSSR count). The predicted molar refractivity (Wildman–Crippen MR) is 97.2 cm³/mol. The van der Waals surface area contributed by atoms with Gasteiger partial charge in [-0.15, -0.1) is 0 Å². The number of hydrogen-bond acceptors (Lipinski definition) is 5. The van der Waals surface area contributed by atoms with Crippen molar-refractivity contribution in [3.63, 3.8) is 0 Å². The number of nitrogens with zero attached hydrogens (tertiary/aromatic N) is 4. The zero-order valence-corrected chi connectivity index (χ0v) is 15.0. The number of pyridine rings is 1. The van der Waals surface area contributed by atoms with Crippen LogP contribution in [0.5, 0.6) is 0 Å². The summed E-state index contributed by atoms with van der Waals surface area (Å²) in [5.74, 6) is -2.99. The minimum atomic E-state index is -2.99. The highest BCUT2D eigenvalue weighted by molar-refractivity contribution is 6.09. The van der Waals surface area contributed by atoms with Crippen molar-refractivity contribution in [2.75, 3.05) is 5.32 Å². The summed E-state index contributed by atoms with van der Waals surface area (Å²) in [7, 11) is 0. The van der Waals surface area contributed by atoms with Gasteiger partial charge in [-0.3, -0.25) is 4.79 Å². The molecule has 7 nitrogen and oxygen atoms in total. The fraction of sp³-hybridized carbons (Fsp3) is 0.158. The van der Waals surface area contributed by atoms with E-state index >= 15 is 0 Å². The van der Waals surface area contributed by atoms with E-state index in [0.717, 1.165) is 12.5 Å². The smallest absolute Gasteiger partial charge is 0.272 e. The lowest BCUT2D eigenvalue weighted by molar-refractivity contribution is 0.0170. The molecule has 4 aromatic rings. The van der Waals surface area contributed by atoms with Crippen LogP contribution in [0.4, 0.5) is 14.5 Å². The molecule has 3 heterocycles. The second-order valence-electron chi connectivity index (χ2n) is 6.43. The number of hydrogen-bond donors (Lipinski definition) is 1. The van der Waals surface area contributed by atoms with E-state index in [4.69, 9.17) is 4.52 Å². The van der Waals surface area contributed by atoms with Gasteiger partial charge in [0.05, 0.1) is 17.3 Å².